The average molecular weight is 505 g/mol. The van der Waals surface area contributed by atoms with Gasteiger partial charge in [0.25, 0.3) is 0 Å². The monoisotopic (exact) mass is 504 g/mol. The van der Waals surface area contributed by atoms with E-state index in [0.29, 0.717) is 22.8 Å². The molecule has 0 unspecified atom stereocenters. The van der Waals surface area contributed by atoms with Gasteiger partial charge in [0, 0.05) is 13.8 Å². The minimum absolute atomic E-state index is 0.0440. The normalized spacial score (nSPS) is 20.3. The summed E-state index contributed by atoms with van der Waals surface area (Å²) in [7, 11) is 0. The molecule has 1 saturated heterocycles. The van der Waals surface area contributed by atoms with Crippen molar-refractivity contribution in [1.29, 1.82) is 0 Å². The third-order valence-corrected chi connectivity index (χ3v) is 6.93. The summed E-state index contributed by atoms with van der Waals surface area (Å²) < 4.78 is 18.7. The van der Waals surface area contributed by atoms with Crippen molar-refractivity contribution in [3.05, 3.63) is 40.2 Å². The first-order chi connectivity index (χ1) is 15.9. The van der Waals surface area contributed by atoms with E-state index in [-0.39, 0.29) is 11.8 Å². The van der Waals surface area contributed by atoms with Crippen LogP contribution in [0.15, 0.2) is 35.0 Å². The largest absolute Gasteiger partial charge is 0.456 e. The van der Waals surface area contributed by atoms with Crippen molar-refractivity contribution in [3.8, 4) is 21.4 Å². The first kappa shape index (κ1) is 22.0. The quantitative estimate of drug-likeness (QED) is 0.292. The molecule has 12 heteroatoms. The van der Waals surface area contributed by atoms with Gasteiger partial charge in [-0.2, -0.15) is 0 Å². The first-order valence-electron chi connectivity index (χ1n) is 9.91. The SMILES string of the molecule is CC(=O)O[C@H]1[C@H](n2c(-c3cccs3)nc3c(Cl)nc(-c4cccs4)nc32)OC[C@H]1OC(C)=O. The molecule has 9 nitrogen and oxygen atoms in total. The summed E-state index contributed by atoms with van der Waals surface area (Å²) in [6.07, 6.45) is -2.52. The maximum atomic E-state index is 11.9. The summed E-state index contributed by atoms with van der Waals surface area (Å²) in [6, 6.07) is 7.60. The number of imidazole rings is 1. The highest BCUT2D eigenvalue weighted by atomic mass is 35.5. The van der Waals surface area contributed by atoms with Crippen LogP contribution in [0.2, 0.25) is 5.15 Å². The fraction of sp³-hybridized carbons (Fsp3) is 0.286. The van der Waals surface area contributed by atoms with Gasteiger partial charge in [-0.25, -0.2) is 15.0 Å². The van der Waals surface area contributed by atoms with E-state index in [0.717, 1.165) is 9.75 Å². The molecule has 0 aliphatic carbocycles. The minimum atomic E-state index is -0.901. The molecule has 0 bridgehead atoms. The number of fused-ring (bicyclic) bond motifs is 1. The van der Waals surface area contributed by atoms with Crippen LogP contribution in [0.5, 0.6) is 0 Å². The number of carbonyl (C=O) groups is 2. The predicted octanol–water partition coefficient (Wildman–Crippen LogP) is 4.33. The topological polar surface area (TPSA) is 105 Å². The Morgan fingerprint density at radius 2 is 1.76 bits per heavy atom. The highest BCUT2D eigenvalue weighted by Crippen LogP contribution is 2.39. The van der Waals surface area contributed by atoms with E-state index >= 15 is 0 Å². The van der Waals surface area contributed by atoms with Gasteiger partial charge in [0.2, 0.25) is 0 Å². The summed E-state index contributed by atoms with van der Waals surface area (Å²) in [5.74, 6) is -0.0486. The molecule has 4 aromatic rings. The van der Waals surface area contributed by atoms with Crippen LogP contribution < -0.4 is 0 Å². The Labute approximate surface area is 200 Å². The molecule has 170 valence electrons. The average Bonchev–Trinajstić information content (AvgIpc) is 3.54. The number of carbonyl (C=O) groups excluding carboxylic acids is 2. The Morgan fingerprint density at radius 1 is 1.06 bits per heavy atom. The lowest BCUT2D eigenvalue weighted by molar-refractivity contribution is -0.164. The molecule has 5 rings (SSSR count). The van der Waals surface area contributed by atoms with E-state index in [4.69, 9.17) is 35.8 Å². The molecule has 1 fully saturated rings. The highest BCUT2D eigenvalue weighted by molar-refractivity contribution is 7.13. The van der Waals surface area contributed by atoms with Crippen LogP contribution in [0.4, 0.5) is 0 Å². The minimum Gasteiger partial charge on any atom is -0.456 e. The summed E-state index contributed by atoms with van der Waals surface area (Å²) in [5, 5.41) is 4.04. The number of thiophene rings is 2. The van der Waals surface area contributed by atoms with E-state index in [1.165, 1.54) is 36.5 Å². The van der Waals surface area contributed by atoms with Gasteiger partial charge in [-0.3, -0.25) is 14.2 Å². The van der Waals surface area contributed by atoms with Crippen molar-refractivity contribution in [2.75, 3.05) is 6.61 Å². The van der Waals surface area contributed by atoms with Gasteiger partial charge < -0.3 is 14.2 Å². The van der Waals surface area contributed by atoms with Gasteiger partial charge in [-0.1, -0.05) is 23.7 Å². The number of ether oxygens (including phenoxy) is 3. The van der Waals surface area contributed by atoms with Gasteiger partial charge in [0.05, 0.1) is 16.4 Å². The summed E-state index contributed by atoms with van der Waals surface area (Å²) in [6.45, 7) is 2.63. The standard InChI is InChI=1S/C21H17ClN4O5S2/c1-10(27)30-12-9-29-21(16(12)31-11(2)28)26-19(14-6-4-8-33-14)23-15-17(22)24-18(25-20(15)26)13-5-3-7-32-13/h3-8,12,16,21H,9H2,1-2H3/t12-,16-,21-/m1/s1. The second-order valence-electron chi connectivity index (χ2n) is 7.22. The van der Waals surface area contributed by atoms with Crippen LogP contribution in [0, 0.1) is 0 Å². The zero-order valence-corrected chi connectivity index (χ0v) is 19.8. The van der Waals surface area contributed by atoms with Crippen molar-refractivity contribution >= 4 is 57.4 Å². The van der Waals surface area contributed by atoms with E-state index < -0.39 is 30.4 Å². The van der Waals surface area contributed by atoms with Gasteiger partial charge in [0.1, 0.15) is 5.52 Å². The molecule has 0 radical (unpaired) electrons. The Hall–Kier alpha value is -2.86. The molecule has 33 heavy (non-hydrogen) atoms. The smallest absolute Gasteiger partial charge is 0.303 e. The maximum Gasteiger partial charge on any atom is 0.303 e. The van der Waals surface area contributed by atoms with E-state index in [9.17, 15) is 9.59 Å². The Kier molecular flexibility index (Phi) is 5.87. The Morgan fingerprint density at radius 3 is 2.39 bits per heavy atom. The number of halogens is 1. The van der Waals surface area contributed by atoms with Crippen LogP contribution in [-0.2, 0) is 23.8 Å². The summed E-state index contributed by atoms with van der Waals surface area (Å²) in [5.41, 5.74) is 0.814. The van der Waals surface area contributed by atoms with E-state index in [1.54, 1.807) is 4.57 Å². The second kappa shape index (κ2) is 8.82. The lowest BCUT2D eigenvalue weighted by Crippen LogP contribution is -2.36. The Balaban J connectivity index is 1.72. The molecule has 0 amide bonds. The van der Waals surface area contributed by atoms with Crippen LogP contribution in [0.1, 0.15) is 20.1 Å². The zero-order chi connectivity index (χ0) is 23.1. The highest BCUT2D eigenvalue weighted by Gasteiger charge is 2.45. The molecule has 4 aromatic heterocycles. The lowest BCUT2D eigenvalue weighted by atomic mass is 10.2. The van der Waals surface area contributed by atoms with Crippen LogP contribution in [0.25, 0.3) is 32.6 Å². The lowest BCUT2D eigenvalue weighted by Gasteiger charge is -2.24. The van der Waals surface area contributed by atoms with Crippen LogP contribution in [0.3, 0.4) is 0 Å². The molecular weight excluding hydrogens is 488 g/mol. The van der Waals surface area contributed by atoms with Gasteiger partial charge in [-0.05, 0) is 22.9 Å². The second-order valence-corrected chi connectivity index (χ2v) is 9.47. The summed E-state index contributed by atoms with van der Waals surface area (Å²) >= 11 is 9.50. The number of aromatic nitrogens is 4. The van der Waals surface area contributed by atoms with Crippen molar-refractivity contribution in [3.63, 3.8) is 0 Å². The number of esters is 2. The van der Waals surface area contributed by atoms with Crippen LogP contribution in [-0.4, -0.2) is 50.3 Å². The molecule has 0 aromatic carbocycles. The van der Waals surface area contributed by atoms with Crippen molar-refractivity contribution in [2.45, 2.75) is 32.3 Å². The van der Waals surface area contributed by atoms with Crippen molar-refractivity contribution in [2.24, 2.45) is 0 Å². The van der Waals surface area contributed by atoms with E-state index in [2.05, 4.69) is 4.98 Å². The van der Waals surface area contributed by atoms with Gasteiger partial charge >= 0.3 is 11.9 Å². The van der Waals surface area contributed by atoms with Crippen molar-refractivity contribution in [1.82, 2.24) is 19.5 Å². The molecule has 3 atom stereocenters. The summed E-state index contributed by atoms with van der Waals surface area (Å²) in [4.78, 5) is 39.1. The molecule has 1 aliphatic rings. The molecule has 5 heterocycles. The number of nitrogens with zero attached hydrogens (tertiary/aromatic N) is 4. The van der Waals surface area contributed by atoms with Gasteiger partial charge in [-0.15, -0.1) is 22.7 Å². The molecule has 0 saturated carbocycles. The molecule has 1 aliphatic heterocycles. The molecular formula is C21H17ClN4O5S2. The predicted molar refractivity (Wildman–Crippen MR) is 123 cm³/mol. The number of rotatable bonds is 5. The van der Waals surface area contributed by atoms with Crippen molar-refractivity contribution < 1.29 is 23.8 Å². The molecule has 0 N–H and O–H groups in total. The number of hydrogen-bond acceptors (Lipinski definition) is 10. The Bertz CT molecular complexity index is 1320. The third kappa shape index (κ3) is 4.12. The van der Waals surface area contributed by atoms with E-state index in [1.807, 2.05) is 35.0 Å². The van der Waals surface area contributed by atoms with Crippen LogP contribution >= 0.6 is 34.3 Å². The number of hydrogen-bond donors (Lipinski definition) is 0. The first-order valence-corrected chi connectivity index (χ1v) is 12.1. The molecule has 0 spiro atoms. The zero-order valence-electron chi connectivity index (χ0n) is 17.4. The third-order valence-electron chi connectivity index (χ3n) is 4.93. The fourth-order valence-electron chi connectivity index (χ4n) is 3.71. The fourth-order valence-corrected chi connectivity index (χ4v) is 5.28. The van der Waals surface area contributed by atoms with Gasteiger partial charge in [0.15, 0.2) is 40.9 Å². The maximum absolute atomic E-state index is 11.9.